The molecule has 0 saturated carbocycles. The van der Waals surface area contributed by atoms with E-state index in [0.29, 0.717) is 6.54 Å². The quantitative estimate of drug-likeness (QED) is 0.864. The Morgan fingerprint density at radius 1 is 0.800 bits per heavy atom. The molecule has 132 valence electrons. The van der Waals surface area contributed by atoms with Crippen LogP contribution in [0, 0.1) is 0 Å². The second kappa shape index (κ2) is 9.38. The van der Waals surface area contributed by atoms with Crippen molar-refractivity contribution in [3.8, 4) is 0 Å². The summed E-state index contributed by atoms with van der Waals surface area (Å²) in [7, 11) is 0. The molecule has 2 N–H and O–H groups in total. The van der Waals surface area contributed by atoms with Crippen LogP contribution in [-0.2, 0) is 4.79 Å². The fraction of sp³-hybridized carbons (Fsp3) is 0.409. The highest BCUT2D eigenvalue weighted by atomic mass is 16.2. The second-order valence-corrected chi connectivity index (χ2v) is 7.02. The van der Waals surface area contributed by atoms with Crippen LogP contribution in [0.5, 0.6) is 0 Å². The Kier molecular flexibility index (Phi) is 6.63. The van der Waals surface area contributed by atoms with E-state index in [1.807, 2.05) is 36.4 Å². The number of nitrogens with one attached hydrogen (secondary N) is 2. The van der Waals surface area contributed by atoms with Gasteiger partial charge in [0, 0.05) is 0 Å². The van der Waals surface area contributed by atoms with Crippen LogP contribution in [0.25, 0.3) is 0 Å². The molecule has 3 nitrogen and oxygen atoms in total. The van der Waals surface area contributed by atoms with Crippen LogP contribution in [0.4, 0.5) is 0 Å². The van der Waals surface area contributed by atoms with Gasteiger partial charge >= 0.3 is 0 Å². The van der Waals surface area contributed by atoms with Gasteiger partial charge in [-0.05, 0) is 36.8 Å². The van der Waals surface area contributed by atoms with Gasteiger partial charge < -0.3 is 10.2 Å². The van der Waals surface area contributed by atoms with E-state index >= 15 is 0 Å². The number of hydrogen-bond donors (Lipinski definition) is 2. The molecule has 3 heteroatoms. The number of likely N-dealkylation sites (tertiary alicyclic amines) is 1. The number of benzene rings is 2. The lowest BCUT2D eigenvalue weighted by Crippen LogP contribution is -3.13. The van der Waals surface area contributed by atoms with Gasteiger partial charge in [0.2, 0.25) is 0 Å². The lowest BCUT2D eigenvalue weighted by atomic mass is 9.98. The van der Waals surface area contributed by atoms with Crippen molar-refractivity contribution in [2.24, 2.45) is 0 Å². The highest BCUT2D eigenvalue weighted by molar-refractivity contribution is 5.77. The molecule has 1 heterocycles. The minimum atomic E-state index is -0.0796. The Balaban J connectivity index is 1.68. The molecule has 0 aromatic heterocycles. The summed E-state index contributed by atoms with van der Waals surface area (Å²) in [6.07, 6.45) is 6.44. The third kappa shape index (κ3) is 5.43. The van der Waals surface area contributed by atoms with Crippen LogP contribution in [0.1, 0.15) is 49.3 Å². The highest BCUT2D eigenvalue weighted by Gasteiger charge is 2.20. The molecule has 25 heavy (non-hydrogen) atoms. The van der Waals surface area contributed by atoms with Crippen LogP contribution in [0.15, 0.2) is 60.7 Å². The molecule has 0 unspecified atom stereocenters. The van der Waals surface area contributed by atoms with Gasteiger partial charge in [0.1, 0.15) is 0 Å². The maximum Gasteiger partial charge on any atom is 0.275 e. The number of carbonyl (C=O) groups is 1. The molecule has 0 aliphatic carbocycles. The average molecular weight is 337 g/mol. The first-order chi connectivity index (χ1) is 12.3. The Morgan fingerprint density at radius 3 is 1.80 bits per heavy atom. The minimum absolute atomic E-state index is 0.0796. The molecule has 2 aromatic rings. The Labute approximate surface area is 151 Å². The predicted molar refractivity (Wildman–Crippen MR) is 102 cm³/mol. The van der Waals surface area contributed by atoms with Crippen LogP contribution < -0.4 is 10.2 Å². The molecule has 3 rings (SSSR count). The first-order valence-corrected chi connectivity index (χ1v) is 9.56. The monoisotopic (exact) mass is 337 g/mol. The van der Waals surface area contributed by atoms with Crippen molar-refractivity contribution < 1.29 is 9.69 Å². The number of hydrogen-bond acceptors (Lipinski definition) is 1. The molecule has 1 aliphatic rings. The highest BCUT2D eigenvalue weighted by Crippen LogP contribution is 2.21. The minimum Gasteiger partial charge on any atom is -0.340 e. The molecule has 0 spiro atoms. The molecular formula is C22H29N2O+. The predicted octanol–water partition coefficient (Wildman–Crippen LogP) is 2.74. The van der Waals surface area contributed by atoms with E-state index in [2.05, 4.69) is 29.6 Å². The molecule has 1 saturated heterocycles. The van der Waals surface area contributed by atoms with E-state index in [4.69, 9.17) is 0 Å². The Bertz CT molecular complexity index is 594. The number of carbonyl (C=O) groups excluding carboxylic acids is 1. The van der Waals surface area contributed by atoms with Crippen molar-refractivity contribution in [2.75, 3.05) is 19.6 Å². The lowest BCUT2D eigenvalue weighted by Gasteiger charge is -2.24. The van der Waals surface area contributed by atoms with E-state index in [9.17, 15) is 4.79 Å². The third-order valence-electron chi connectivity index (χ3n) is 5.04. The van der Waals surface area contributed by atoms with Crippen molar-refractivity contribution in [1.29, 1.82) is 0 Å². The first-order valence-electron chi connectivity index (χ1n) is 9.56. The fourth-order valence-electron chi connectivity index (χ4n) is 3.67. The number of amides is 1. The van der Waals surface area contributed by atoms with Gasteiger partial charge in [-0.1, -0.05) is 67.1 Å². The second-order valence-electron chi connectivity index (χ2n) is 7.02. The lowest BCUT2D eigenvalue weighted by molar-refractivity contribution is -0.893. The van der Waals surface area contributed by atoms with Crippen molar-refractivity contribution in [3.05, 3.63) is 71.8 Å². The van der Waals surface area contributed by atoms with E-state index in [0.717, 1.165) is 24.2 Å². The zero-order valence-electron chi connectivity index (χ0n) is 14.9. The van der Waals surface area contributed by atoms with E-state index in [1.54, 1.807) is 0 Å². The summed E-state index contributed by atoms with van der Waals surface area (Å²) < 4.78 is 0. The number of rotatable bonds is 5. The van der Waals surface area contributed by atoms with E-state index in [1.165, 1.54) is 37.0 Å². The van der Waals surface area contributed by atoms with E-state index in [-0.39, 0.29) is 11.9 Å². The van der Waals surface area contributed by atoms with Crippen LogP contribution in [-0.4, -0.2) is 25.5 Å². The summed E-state index contributed by atoms with van der Waals surface area (Å²) in [5.74, 6) is 0.147. The maximum atomic E-state index is 12.7. The summed E-state index contributed by atoms with van der Waals surface area (Å²) in [6.45, 7) is 2.82. The zero-order valence-corrected chi connectivity index (χ0v) is 14.9. The number of quaternary nitrogens is 1. The van der Waals surface area contributed by atoms with Crippen molar-refractivity contribution in [1.82, 2.24) is 5.32 Å². The maximum absolute atomic E-state index is 12.7. The average Bonchev–Trinajstić information content (AvgIpc) is 2.63. The zero-order chi connectivity index (χ0) is 17.3. The van der Waals surface area contributed by atoms with Gasteiger partial charge in [0.15, 0.2) is 6.54 Å². The van der Waals surface area contributed by atoms with Gasteiger partial charge in [0.05, 0.1) is 19.1 Å². The van der Waals surface area contributed by atoms with Crippen molar-refractivity contribution in [2.45, 2.75) is 38.1 Å². The molecule has 0 bridgehead atoms. The molecule has 1 fully saturated rings. The Morgan fingerprint density at radius 2 is 1.28 bits per heavy atom. The summed E-state index contributed by atoms with van der Waals surface area (Å²) in [4.78, 5) is 14.2. The molecular weight excluding hydrogens is 308 g/mol. The van der Waals surface area contributed by atoms with Crippen LogP contribution in [0.3, 0.4) is 0 Å². The molecule has 2 aromatic carbocycles. The first kappa shape index (κ1) is 17.7. The fourth-order valence-corrected chi connectivity index (χ4v) is 3.67. The SMILES string of the molecule is O=C(C[NH+]1CCCCCCC1)NC(c1ccccc1)c1ccccc1. The topological polar surface area (TPSA) is 33.5 Å². The van der Waals surface area contributed by atoms with Gasteiger partial charge in [-0.3, -0.25) is 4.79 Å². The molecule has 0 radical (unpaired) electrons. The van der Waals surface area contributed by atoms with Gasteiger partial charge in [-0.25, -0.2) is 0 Å². The van der Waals surface area contributed by atoms with Gasteiger partial charge in [-0.2, -0.15) is 0 Å². The third-order valence-corrected chi connectivity index (χ3v) is 5.04. The normalized spacial score (nSPS) is 16.2. The molecule has 1 amide bonds. The van der Waals surface area contributed by atoms with Gasteiger partial charge in [0.25, 0.3) is 5.91 Å². The van der Waals surface area contributed by atoms with Crippen molar-refractivity contribution >= 4 is 5.91 Å². The van der Waals surface area contributed by atoms with Crippen LogP contribution >= 0.6 is 0 Å². The van der Waals surface area contributed by atoms with Crippen LogP contribution in [0.2, 0.25) is 0 Å². The summed E-state index contributed by atoms with van der Waals surface area (Å²) in [5.41, 5.74) is 2.26. The molecule has 0 atom stereocenters. The summed E-state index contributed by atoms with van der Waals surface area (Å²) >= 11 is 0. The largest absolute Gasteiger partial charge is 0.340 e. The summed E-state index contributed by atoms with van der Waals surface area (Å²) in [5, 5.41) is 3.27. The standard InChI is InChI=1S/C22H28N2O/c25-21(18-24-16-10-2-1-3-11-17-24)23-22(19-12-6-4-7-13-19)20-14-8-5-9-15-20/h4-9,12-15,22H,1-3,10-11,16-18H2,(H,23,25)/p+1. The smallest absolute Gasteiger partial charge is 0.275 e. The van der Waals surface area contributed by atoms with Crippen molar-refractivity contribution in [3.63, 3.8) is 0 Å². The van der Waals surface area contributed by atoms with E-state index < -0.39 is 0 Å². The van der Waals surface area contributed by atoms with Gasteiger partial charge in [-0.15, -0.1) is 0 Å². The Hall–Kier alpha value is -2.13. The molecule has 1 aliphatic heterocycles. The summed E-state index contributed by atoms with van der Waals surface area (Å²) in [6, 6.07) is 20.4.